The van der Waals surface area contributed by atoms with E-state index in [9.17, 15) is 0 Å². The first-order chi connectivity index (χ1) is 26.2. The van der Waals surface area contributed by atoms with Crippen LogP contribution in [0.15, 0.2) is 152 Å². The fourth-order valence-electron chi connectivity index (χ4n) is 7.27. The van der Waals surface area contributed by atoms with Crippen LogP contribution in [0.4, 0.5) is 0 Å². The van der Waals surface area contributed by atoms with E-state index < -0.39 is 8.07 Å². The van der Waals surface area contributed by atoms with Crippen LogP contribution in [-0.2, 0) is 26.5 Å². The topological polar surface area (TPSA) is 30.7 Å². The molecule has 0 spiro atoms. The Hall–Kier alpha value is -4.97. The second kappa shape index (κ2) is 16.4. The average molecular weight is 926 g/mol. The van der Waals surface area contributed by atoms with Crippen LogP contribution in [0.1, 0.15) is 19.4 Å². The van der Waals surface area contributed by atoms with Gasteiger partial charge in [-0.2, -0.15) is 0 Å². The molecule has 275 valence electrons. The van der Waals surface area contributed by atoms with Crippen LogP contribution in [0, 0.1) is 17.4 Å². The maximum atomic E-state index is 5.13. The van der Waals surface area contributed by atoms with Gasteiger partial charge in [0.15, 0.2) is 0 Å². The zero-order chi connectivity index (χ0) is 37.2. The molecule has 0 aliphatic heterocycles. The molecule has 0 atom stereocenters. The molecule has 3 nitrogen and oxygen atoms in total. The summed E-state index contributed by atoms with van der Waals surface area (Å²) in [6.45, 7) is 11.7. The van der Waals surface area contributed by atoms with Crippen LogP contribution in [0.25, 0.3) is 71.4 Å². The van der Waals surface area contributed by atoms with Crippen LogP contribution in [-0.4, -0.2) is 22.6 Å². The third-order valence-electron chi connectivity index (χ3n) is 9.82. The fraction of sp³-hybridized carbons (Fsp3) is 0.143. The molecule has 0 fully saturated rings. The van der Waals surface area contributed by atoms with Gasteiger partial charge in [0.05, 0.1) is 24.9 Å². The average Bonchev–Trinajstić information content (AvgIpc) is 3.79. The van der Waals surface area contributed by atoms with Gasteiger partial charge in [-0.25, -0.2) is 0 Å². The fourth-order valence-corrected chi connectivity index (χ4v) is 9.68. The Morgan fingerprint density at radius 3 is 2.25 bits per heavy atom. The van der Waals surface area contributed by atoms with Gasteiger partial charge in [-0.3, -0.25) is 16.3 Å². The van der Waals surface area contributed by atoms with Gasteiger partial charge < -0.3 is 9.55 Å². The molecule has 0 aliphatic rings. The molecule has 0 saturated heterocycles. The number of rotatable bonds is 7. The zero-order valence-corrected chi connectivity index (χ0v) is 36.0. The predicted molar refractivity (Wildman–Crippen MR) is 234 cm³/mol. The molecule has 3 heterocycles. The number of benzene rings is 6. The minimum Gasteiger partial charge on any atom is -0.333 e. The first-order valence-corrected chi connectivity index (χ1v) is 23.0. The molecule has 1 radical (unpaired) electrons. The number of hydrogen-bond acceptors (Lipinski definition) is 3. The van der Waals surface area contributed by atoms with Crippen molar-refractivity contribution < 1.29 is 20.1 Å². The quantitative estimate of drug-likeness (QED) is 0.118. The van der Waals surface area contributed by atoms with E-state index in [1.54, 1.807) is 11.3 Å². The first-order valence-electron chi connectivity index (χ1n) is 18.7. The van der Waals surface area contributed by atoms with Crippen molar-refractivity contribution in [3.8, 4) is 39.5 Å². The van der Waals surface area contributed by atoms with Crippen molar-refractivity contribution in [2.45, 2.75) is 39.9 Å². The SMILES string of the molecule is CC(C)Cc1cc(-c2[c-]cccc2)ncc1[Si](C)(C)C.[Ir].[c-]1sc2ccc(-c3ccccc3)cc2c1-c1nc2ccccc2n1-c1cccc2ccccc12. The van der Waals surface area contributed by atoms with Crippen molar-refractivity contribution in [1.29, 1.82) is 0 Å². The molecule has 6 heteroatoms. The molecular weight excluding hydrogens is 883 g/mol. The minimum absolute atomic E-state index is 0. The van der Waals surface area contributed by atoms with E-state index in [0.29, 0.717) is 5.92 Å². The van der Waals surface area contributed by atoms with Crippen molar-refractivity contribution in [3.63, 3.8) is 0 Å². The van der Waals surface area contributed by atoms with E-state index in [1.165, 1.54) is 42.7 Å². The van der Waals surface area contributed by atoms with Gasteiger partial charge in [-0.1, -0.05) is 158 Å². The predicted octanol–water partition coefficient (Wildman–Crippen LogP) is 12.8. The second-order valence-corrected chi connectivity index (χ2v) is 21.2. The molecule has 0 saturated carbocycles. The van der Waals surface area contributed by atoms with Gasteiger partial charge in [0, 0.05) is 37.4 Å². The summed E-state index contributed by atoms with van der Waals surface area (Å²) >= 11 is 1.65. The van der Waals surface area contributed by atoms with Crippen molar-refractivity contribution >= 4 is 56.5 Å². The molecule has 3 aromatic heterocycles. The number of aromatic nitrogens is 3. The van der Waals surface area contributed by atoms with Gasteiger partial charge >= 0.3 is 0 Å². The van der Waals surface area contributed by atoms with Crippen LogP contribution >= 0.6 is 11.3 Å². The third kappa shape index (κ3) is 8.05. The Bertz CT molecular complexity index is 2700. The van der Waals surface area contributed by atoms with Crippen molar-refractivity contribution in [2.24, 2.45) is 5.92 Å². The van der Waals surface area contributed by atoms with Crippen LogP contribution < -0.4 is 5.19 Å². The molecule has 6 aromatic carbocycles. The normalized spacial score (nSPS) is 11.5. The van der Waals surface area contributed by atoms with Crippen molar-refractivity contribution in [1.82, 2.24) is 14.5 Å². The van der Waals surface area contributed by atoms with Gasteiger partial charge in [0.2, 0.25) is 0 Å². The van der Waals surface area contributed by atoms with Crippen molar-refractivity contribution in [2.75, 3.05) is 0 Å². The summed E-state index contributed by atoms with van der Waals surface area (Å²) in [6, 6.07) is 54.2. The van der Waals surface area contributed by atoms with Gasteiger partial charge in [0.25, 0.3) is 0 Å². The summed E-state index contributed by atoms with van der Waals surface area (Å²) in [6.07, 6.45) is 3.24. The molecule has 9 rings (SSSR count). The Morgan fingerprint density at radius 1 is 0.727 bits per heavy atom. The Balaban J connectivity index is 0.000000191. The first kappa shape index (κ1) is 38.3. The van der Waals surface area contributed by atoms with E-state index in [1.807, 2.05) is 18.2 Å². The summed E-state index contributed by atoms with van der Waals surface area (Å²) in [4.78, 5) is 9.82. The number of pyridine rings is 1. The van der Waals surface area contributed by atoms with E-state index in [4.69, 9.17) is 4.98 Å². The van der Waals surface area contributed by atoms with E-state index >= 15 is 0 Å². The van der Waals surface area contributed by atoms with Gasteiger partial charge in [0.1, 0.15) is 0 Å². The summed E-state index contributed by atoms with van der Waals surface area (Å²) in [5, 5.41) is 8.69. The number of imidazole rings is 1. The second-order valence-electron chi connectivity index (χ2n) is 15.3. The summed E-state index contributed by atoms with van der Waals surface area (Å²) in [5.41, 5.74) is 10.3. The molecule has 55 heavy (non-hydrogen) atoms. The minimum atomic E-state index is -1.34. The number of para-hydroxylation sites is 2. The van der Waals surface area contributed by atoms with E-state index in [-0.39, 0.29) is 20.1 Å². The molecule has 0 unspecified atom stereocenters. The van der Waals surface area contributed by atoms with Crippen LogP contribution in [0.3, 0.4) is 0 Å². The molecular formula is C49H43IrN3SSi-2. The molecule has 9 aromatic rings. The standard InChI is InChI=1S/C31H19N2S.C18H24NSi.Ir/c1-2-9-21(10-3-1)23-17-18-30-25(19-23)26(20-34-30)31-32-27-14-6-7-15-29(27)33(31)28-16-8-12-22-11-4-5-13-24(22)28;1-14(2)11-16-12-17(15-9-7-6-8-10-15)19-13-18(16)20(3,4)5;/h1-19H;6-9,12-14H,11H2,1-5H3;/q2*-1;. The molecule has 0 N–H and O–H groups in total. The summed E-state index contributed by atoms with van der Waals surface area (Å²) in [7, 11) is -1.34. The summed E-state index contributed by atoms with van der Waals surface area (Å²) < 4.78 is 3.51. The molecule has 0 bridgehead atoms. The smallest absolute Gasteiger partial charge is 0.0798 e. The zero-order valence-electron chi connectivity index (χ0n) is 31.8. The van der Waals surface area contributed by atoms with E-state index in [0.717, 1.165) is 45.8 Å². The Kier molecular flexibility index (Phi) is 11.4. The maximum Gasteiger partial charge on any atom is 0.0798 e. The van der Waals surface area contributed by atoms with Gasteiger partial charge in [-0.05, 0) is 57.9 Å². The van der Waals surface area contributed by atoms with Gasteiger partial charge in [-0.15, -0.1) is 41.3 Å². The van der Waals surface area contributed by atoms with Crippen molar-refractivity contribution in [3.05, 3.63) is 169 Å². The van der Waals surface area contributed by atoms with E-state index in [2.05, 4.69) is 188 Å². The number of thiophene rings is 1. The maximum absolute atomic E-state index is 5.13. The molecule has 0 amide bonds. The van der Waals surface area contributed by atoms with Crippen LogP contribution in [0.2, 0.25) is 19.6 Å². The molecule has 0 aliphatic carbocycles. The number of fused-ring (bicyclic) bond motifs is 3. The van der Waals surface area contributed by atoms with Crippen LogP contribution in [0.5, 0.6) is 0 Å². The largest absolute Gasteiger partial charge is 0.333 e. The Morgan fingerprint density at radius 2 is 1.47 bits per heavy atom. The number of nitrogens with zero attached hydrogens (tertiary/aromatic N) is 3. The summed E-state index contributed by atoms with van der Waals surface area (Å²) in [5.74, 6) is 1.59. The third-order valence-corrected chi connectivity index (χ3v) is 12.8. The monoisotopic (exact) mass is 926 g/mol. The Labute approximate surface area is 343 Å². The number of hydrogen-bond donors (Lipinski definition) is 0.